The maximum Gasteiger partial charge on any atom is 0.309 e. The zero-order valence-corrected chi connectivity index (χ0v) is 9.78. The molecule has 1 N–H and O–H groups in total. The molecule has 3 nitrogen and oxygen atoms in total. The predicted octanol–water partition coefficient (Wildman–Crippen LogP) is 1.69. The highest BCUT2D eigenvalue weighted by Gasteiger charge is 2.29. The van der Waals surface area contributed by atoms with Crippen LogP contribution in [0.25, 0.3) is 0 Å². The van der Waals surface area contributed by atoms with Crippen LogP contribution in [0.2, 0.25) is 0 Å². The fourth-order valence-electron chi connectivity index (χ4n) is 2.33. The summed E-state index contributed by atoms with van der Waals surface area (Å²) in [6.07, 6.45) is 0.639. The van der Waals surface area contributed by atoms with E-state index in [-0.39, 0.29) is 23.6 Å². The van der Waals surface area contributed by atoms with Crippen molar-refractivity contribution in [3.05, 3.63) is 35.6 Å². The van der Waals surface area contributed by atoms with Gasteiger partial charge in [-0.05, 0) is 18.1 Å². The van der Waals surface area contributed by atoms with E-state index < -0.39 is 0 Å². The Balaban J connectivity index is 2.12. The minimum absolute atomic E-state index is 0.0362. The topological polar surface area (TPSA) is 38.3 Å². The van der Waals surface area contributed by atoms with Gasteiger partial charge in [-0.3, -0.25) is 4.79 Å². The molecule has 0 radical (unpaired) electrons. The Morgan fingerprint density at radius 1 is 1.41 bits per heavy atom. The largest absolute Gasteiger partial charge is 0.469 e. The van der Waals surface area contributed by atoms with Crippen LogP contribution in [-0.4, -0.2) is 26.2 Å². The quantitative estimate of drug-likeness (QED) is 0.795. The molecule has 92 valence electrons. The first-order valence-electron chi connectivity index (χ1n) is 5.75. The van der Waals surface area contributed by atoms with Gasteiger partial charge in [0.1, 0.15) is 5.82 Å². The number of benzene rings is 1. The number of methoxy groups -OCH3 is 1. The molecule has 17 heavy (non-hydrogen) atoms. The highest BCUT2D eigenvalue weighted by molar-refractivity contribution is 5.72. The van der Waals surface area contributed by atoms with Gasteiger partial charge in [-0.2, -0.15) is 0 Å². The Kier molecular flexibility index (Phi) is 3.74. The molecule has 0 aromatic heterocycles. The minimum atomic E-state index is -0.224. The van der Waals surface area contributed by atoms with Gasteiger partial charge in [0.15, 0.2) is 0 Å². The van der Waals surface area contributed by atoms with E-state index in [0.29, 0.717) is 25.1 Å². The van der Waals surface area contributed by atoms with Gasteiger partial charge in [-0.1, -0.05) is 18.2 Å². The molecular weight excluding hydrogens is 221 g/mol. The molecule has 2 rings (SSSR count). The molecule has 2 atom stereocenters. The van der Waals surface area contributed by atoms with E-state index in [2.05, 4.69) is 5.32 Å². The van der Waals surface area contributed by atoms with Crippen molar-refractivity contribution in [2.75, 3.05) is 20.2 Å². The number of hydrogen-bond donors (Lipinski definition) is 1. The third-order valence-corrected chi connectivity index (χ3v) is 3.23. The first-order chi connectivity index (χ1) is 8.22. The SMILES string of the molecule is COC(=O)[C@@H]1CNC[C@@H](c2ccccc2F)C1. The molecule has 1 fully saturated rings. The van der Waals surface area contributed by atoms with Crippen molar-refractivity contribution >= 4 is 5.97 Å². The average Bonchev–Trinajstić information content (AvgIpc) is 2.38. The third-order valence-electron chi connectivity index (χ3n) is 3.23. The van der Waals surface area contributed by atoms with Crippen molar-refractivity contribution in [2.45, 2.75) is 12.3 Å². The maximum absolute atomic E-state index is 13.6. The number of ether oxygens (including phenoxy) is 1. The van der Waals surface area contributed by atoms with Gasteiger partial charge in [0.2, 0.25) is 0 Å². The molecule has 0 amide bonds. The molecule has 1 aromatic carbocycles. The van der Waals surface area contributed by atoms with Gasteiger partial charge in [0.25, 0.3) is 0 Å². The van der Waals surface area contributed by atoms with Crippen LogP contribution in [0.5, 0.6) is 0 Å². The lowest BCUT2D eigenvalue weighted by molar-refractivity contribution is -0.146. The van der Waals surface area contributed by atoms with Gasteiger partial charge >= 0.3 is 5.97 Å². The van der Waals surface area contributed by atoms with Gasteiger partial charge < -0.3 is 10.1 Å². The van der Waals surface area contributed by atoms with Crippen LogP contribution in [0.3, 0.4) is 0 Å². The summed E-state index contributed by atoms with van der Waals surface area (Å²) in [6, 6.07) is 6.73. The van der Waals surface area contributed by atoms with Crippen LogP contribution in [0.1, 0.15) is 17.9 Å². The number of carbonyl (C=O) groups is 1. The van der Waals surface area contributed by atoms with Crippen molar-refractivity contribution in [2.24, 2.45) is 5.92 Å². The van der Waals surface area contributed by atoms with Crippen LogP contribution >= 0.6 is 0 Å². The van der Waals surface area contributed by atoms with Crippen molar-refractivity contribution in [1.82, 2.24) is 5.32 Å². The van der Waals surface area contributed by atoms with Crippen molar-refractivity contribution < 1.29 is 13.9 Å². The molecule has 0 saturated carbocycles. The molecule has 0 aliphatic carbocycles. The normalized spacial score (nSPS) is 24.4. The first-order valence-corrected chi connectivity index (χ1v) is 5.75. The molecule has 1 heterocycles. The van der Waals surface area contributed by atoms with Crippen LogP contribution in [0.15, 0.2) is 24.3 Å². The third kappa shape index (κ3) is 2.64. The summed E-state index contributed by atoms with van der Waals surface area (Å²) in [5, 5.41) is 3.16. The Bertz CT molecular complexity index is 408. The van der Waals surface area contributed by atoms with E-state index in [1.165, 1.54) is 13.2 Å². The molecule has 1 aliphatic rings. The number of carbonyl (C=O) groups excluding carboxylic acids is 1. The lowest BCUT2D eigenvalue weighted by atomic mass is 9.85. The van der Waals surface area contributed by atoms with Crippen LogP contribution < -0.4 is 5.32 Å². The standard InChI is InChI=1S/C13H16FNO2/c1-17-13(16)10-6-9(7-15-8-10)11-4-2-3-5-12(11)14/h2-5,9-10,15H,6-8H2,1H3/t9-,10-/m0/s1. The molecule has 1 saturated heterocycles. The summed E-state index contributed by atoms with van der Waals surface area (Å²) < 4.78 is 18.4. The number of rotatable bonds is 2. The molecule has 1 aromatic rings. The number of halogens is 1. The Labute approximate surface area is 100.0 Å². The van der Waals surface area contributed by atoms with Crippen LogP contribution in [-0.2, 0) is 9.53 Å². The van der Waals surface area contributed by atoms with Crippen LogP contribution in [0, 0.1) is 11.7 Å². The first kappa shape index (κ1) is 12.0. The van der Waals surface area contributed by atoms with Gasteiger partial charge in [-0.25, -0.2) is 4.39 Å². The Morgan fingerprint density at radius 3 is 2.88 bits per heavy atom. The highest BCUT2D eigenvalue weighted by atomic mass is 19.1. The van der Waals surface area contributed by atoms with E-state index in [0.717, 1.165) is 0 Å². The van der Waals surface area contributed by atoms with Crippen molar-refractivity contribution in [1.29, 1.82) is 0 Å². The minimum Gasteiger partial charge on any atom is -0.469 e. The molecule has 0 spiro atoms. The molecule has 1 aliphatic heterocycles. The molecular formula is C13H16FNO2. The van der Waals surface area contributed by atoms with E-state index in [9.17, 15) is 9.18 Å². The summed E-state index contributed by atoms with van der Waals surface area (Å²) in [5.41, 5.74) is 0.675. The summed E-state index contributed by atoms with van der Waals surface area (Å²) in [7, 11) is 1.38. The van der Waals surface area contributed by atoms with Gasteiger partial charge in [-0.15, -0.1) is 0 Å². The summed E-state index contributed by atoms with van der Waals surface area (Å²) in [4.78, 5) is 11.5. The van der Waals surface area contributed by atoms with E-state index in [1.54, 1.807) is 12.1 Å². The smallest absolute Gasteiger partial charge is 0.309 e. The lowest BCUT2D eigenvalue weighted by Gasteiger charge is -2.28. The number of hydrogen-bond acceptors (Lipinski definition) is 3. The second-order valence-electron chi connectivity index (χ2n) is 4.33. The highest BCUT2D eigenvalue weighted by Crippen LogP contribution is 2.28. The number of piperidine rings is 1. The Morgan fingerprint density at radius 2 is 2.18 bits per heavy atom. The van der Waals surface area contributed by atoms with Crippen LogP contribution in [0.4, 0.5) is 4.39 Å². The predicted molar refractivity (Wildman–Crippen MR) is 62.1 cm³/mol. The maximum atomic E-state index is 13.6. The number of esters is 1. The van der Waals surface area contributed by atoms with Gasteiger partial charge in [0, 0.05) is 19.0 Å². The van der Waals surface area contributed by atoms with Gasteiger partial charge in [0.05, 0.1) is 13.0 Å². The average molecular weight is 237 g/mol. The van der Waals surface area contributed by atoms with E-state index in [4.69, 9.17) is 4.74 Å². The summed E-state index contributed by atoms with van der Waals surface area (Å²) >= 11 is 0. The zero-order valence-electron chi connectivity index (χ0n) is 9.78. The van der Waals surface area contributed by atoms with E-state index >= 15 is 0 Å². The van der Waals surface area contributed by atoms with Crippen molar-refractivity contribution in [3.8, 4) is 0 Å². The van der Waals surface area contributed by atoms with Crippen molar-refractivity contribution in [3.63, 3.8) is 0 Å². The summed E-state index contributed by atoms with van der Waals surface area (Å²) in [6.45, 7) is 1.31. The molecule has 0 bridgehead atoms. The molecule has 0 unspecified atom stereocenters. The number of nitrogens with one attached hydrogen (secondary N) is 1. The molecule has 4 heteroatoms. The lowest BCUT2D eigenvalue weighted by Crippen LogP contribution is -2.39. The fraction of sp³-hybridized carbons (Fsp3) is 0.462. The monoisotopic (exact) mass is 237 g/mol. The van der Waals surface area contributed by atoms with E-state index in [1.807, 2.05) is 6.07 Å². The zero-order chi connectivity index (χ0) is 12.3. The summed E-state index contributed by atoms with van der Waals surface area (Å²) in [5.74, 6) is -0.573. The second-order valence-corrected chi connectivity index (χ2v) is 4.33. The Hall–Kier alpha value is -1.42. The second kappa shape index (κ2) is 5.27. The fourth-order valence-corrected chi connectivity index (χ4v) is 2.33.